The fourth-order valence-electron chi connectivity index (χ4n) is 1.52. The van der Waals surface area contributed by atoms with E-state index < -0.39 is 0 Å². The van der Waals surface area contributed by atoms with Gasteiger partial charge in [0, 0.05) is 12.1 Å². The van der Waals surface area contributed by atoms with E-state index in [1.807, 2.05) is 27.7 Å². The van der Waals surface area contributed by atoms with Crippen molar-refractivity contribution in [2.75, 3.05) is 0 Å². The fourth-order valence-corrected chi connectivity index (χ4v) is 1.52. The Morgan fingerprint density at radius 1 is 1.56 bits per heavy atom. The number of hydrogen-bond acceptors (Lipinski definition) is 3. The predicted molar refractivity (Wildman–Crippen MR) is 62.8 cm³/mol. The van der Waals surface area contributed by atoms with Gasteiger partial charge in [0.15, 0.2) is 0 Å². The summed E-state index contributed by atoms with van der Waals surface area (Å²) >= 11 is 0. The molecule has 0 aromatic carbocycles. The molecule has 5 nitrogen and oxygen atoms in total. The number of rotatable bonds is 3. The van der Waals surface area contributed by atoms with E-state index in [1.54, 1.807) is 10.9 Å². The number of nitrogens with zero attached hydrogens (tertiary/aromatic N) is 2. The number of carbonyl (C=O) groups is 1. The number of nitrogens with two attached hydrogens (primary N) is 1. The smallest absolute Gasteiger partial charge is 0.240 e. The summed E-state index contributed by atoms with van der Waals surface area (Å²) in [6, 6.07) is 0. The molecule has 1 aromatic heterocycles. The standard InChI is InChI=1S/C11H20N4O/c1-8-9(5-12)15(7-13-8)6-10(16)14-11(2,3)4/h7H,5-6,12H2,1-4H3,(H,14,16). The highest BCUT2D eigenvalue weighted by Crippen LogP contribution is 2.06. The molecule has 0 aliphatic heterocycles. The van der Waals surface area contributed by atoms with Crippen molar-refractivity contribution >= 4 is 5.91 Å². The van der Waals surface area contributed by atoms with Crippen molar-refractivity contribution in [3.8, 4) is 0 Å². The lowest BCUT2D eigenvalue weighted by Gasteiger charge is -2.20. The van der Waals surface area contributed by atoms with E-state index in [0.717, 1.165) is 11.4 Å². The largest absolute Gasteiger partial charge is 0.350 e. The summed E-state index contributed by atoms with van der Waals surface area (Å²) in [5.74, 6) is -0.0281. The Bertz CT molecular complexity index is 376. The van der Waals surface area contributed by atoms with E-state index in [1.165, 1.54) is 0 Å². The van der Waals surface area contributed by atoms with Crippen molar-refractivity contribution in [2.24, 2.45) is 5.73 Å². The summed E-state index contributed by atoms with van der Waals surface area (Å²) in [6.07, 6.45) is 1.65. The fraction of sp³-hybridized carbons (Fsp3) is 0.636. The highest BCUT2D eigenvalue weighted by molar-refractivity contribution is 5.76. The summed E-state index contributed by atoms with van der Waals surface area (Å²) in [6.45, 7) is 8.41. The van der Waals surface area contributed by atoms with Crippen LogP contribution in [-0.4, -0.2) is 21.0 Å². The second kappa shape index (κ2) is 4.65. The van der Waals surface area contributed by atoms with Crippen molar-refractivity contribution in [1.82, 2.24) is 14.9 Å². The Hall–Kier alpha value is -1.36. The van der Waals surface area contributed by atoms with E-state index in [4.69, 9.17) is 5.73 Å². The van der Waals surface area contributed by atoms with Crippen molar-refractivity contribution in [3.05, 3.63) is 17.7 Å². The average molecular weight is 224 g/mol. The zero-order valence-electron chi connectivity index (χ0n) is 10.4. The number of hydrogen-bond donors (Lipinski definition) is 2. The van der Waals surface area contributed by atoms with Gasteiger partial charge in [0.2, 0.25) is 5.91 Å². The Morgan fingerprint density at radius 3 is 2.69 bits per heavy atom. The molecule has 1 amide bonds. The van der Waals surface area contributed by atoms with Crippen molar-refractivity contribution in [3.63, 3.8) is 0 Å². The molecule has 0 saturated carbocycles. The van der Waals surface area contributed by atoms with Crippen LogP contribution in [0.15, 0.2) is 6.33 Å². The molecule has 3 N–H and O–H groups in total. The number of carbonyl (C=O) groups excluding carboxylic acids is 1. The van der Waals surface area contributed by atoms with Crippen LogP contribution in [-0.2, 0) is 17.9 Å². The molecule has 0 spiro atoms. The minimum atomic E-state index is -0.213. The van der Waals surface area contributed by atoms with Crippen LogP contribution in [0.3, 0.4) is 0 Å². The van der Waals surface area contributed by atoms with Crippen LogP contribution < -0.4 is 11.1 Å². The molecule has 0 aliphatic rings. The maximum absolute atomic E-state index is 11.7. The van der Waals surface area contributed by atoms with E-state index in [2.05, 4.69) is 10.3 Å². The normalized spacial score (nSPS) is 11.6. The molecule has 16 heavy (non-hydrogen) atoms. The molecule has 0 atom stereocenters. The highest BCUT2D eigenvalue weighted by atomic mass is 16.2. The number of aryl methyl sites for hydroxylation is 1. The lowest BCUT2D eigenvalue weighted by Crippen LogP contribution is -2.42. The molecule has 5 heteroatoms. The van der Waals surface area contributed by atoms with Crippen LogP contribution in [0.5, 0.6) is 0 Å². The van der Waals surface area contributed by atoms with Gasteiger partial charge in [0.05, 0.1) is 17.7 Å². The molecular weight excluding hydrogens is 204 g/mol. The maximum atomic E-state index is 11.7. The van der Waals surface area contributed by atoms with Gasteiger partial charge in [-0.05, 0) is 27.7 Å². The number of imidazole rings is 1. The summed E-state index contributed by atoms with van der Waals surface area (Å²) in [5.41, 5.74) is 7.18. The van der Waals surface area contributed by atoms with Crippen LogP contribution in [0.1, 0.15) is 32.2 Å². The van der Waals surface area contributed by atoms with Crippen molar-refractivity contribution in [2.45, 2.75) is 46.3 Å². The van der Waals surface area contributed by atoms with Gasteiger partial charge in [0.25, 0.3) is 0 Å². The third-order valence-electron chi connectivity index (χ3n) is 2.18. The van der Waals surface area contributed by atoms with E-state index in [0.29, 0.717) is 6.54 Å². The molecule has 0 fully saturated rings. The number of amides is 1. The molecule has 1 heterocycles. The molecule has 90 valence electrons. The third-order valence-corrected chi connectivity index (χ3v) is 2.18. The minimum absolute atomic E-state index is 0.0281. The Kier molecular flexibility index (Phi) is 3.70. The first-order chi connectivity index (χ1) is 7.33. The Balaban J connectivity index is 2.70. The second-order valence-corrected chi connectivity index (χ2v) is 4.91. The van der Waals surface area contributed by atoms with Crippen LogP contribution >= 0.6 is 0 Å². The van der Waals surface area contributed by atoms with Crippen LogP contribution in [0.2, 0.25) is 0 Å². The molecule has 0 unspecified atom stereocenters. The van der Waals surface area contributed by atoms with E-state index >= 15 is 0 Å². The van der Waals surface area contributed by atoms with Gasteiger partial charge in [-0.2, -0.15) is 0 Å². The molecule has 0 aliphatic carbocycles. The van der Waals surface area contributed by atoms with Gasteiger partial charge in [-0.1, -0.05) is 0 Å². The average Bonchev–Trinajstić information content (AvgIpc) is 2.43. The lowest BCUT2D eigenvalue weighted by atomic mass is 10.1. The van der Waals surface area contributed by atoms with Crippen molar-refractivity contribution < 1.29 is 4.79 Å². The summed E-state index contributed by atoms with van der Waals surface area (Å²) in [5, 5.41) is 2.90. The molecule has 1 rings (SSSR count). The maximum Gasteiger partial charge on any atom is 0.240 e. The van der Waals surface area contributed by atoms with Gasteiger partial charge in [-0.15, -0.1) is 0 Å². The van der Waals surface area contributed by atoms with Crippen molar-refractivity contribution in [1.29, 1.82) is 0 Å². The first kappa shape index (κ1) is 12.7. The first-order valence-corrected chi connectivity index (χ1v) is 5.35. The lowest BCUT2D eigenvalue weighted by molar-refractivity contribution is -0.123. The highest BCUT2D eigenvalue weighted by Gasteiger charge is 2.15. The van der Waals surface area contributed by atoms with Crippen LogP contribution in [0, 0.1) is 6.92 Å². The van der Waals surface area contributed by atoms with E-state index in [-0.39, 0.29) is 18.0 Å². The summed E-state index contributed by atoms with van der Waals surface area (Å²) in [4.78, 5) is 15.8. The zero-order valence-corrected chi connectivity index (χ0v) is 10.4. The Morgan fingerprint density at radius 2 is 2.19 bits per heavy atom. The van der Waals surface area contributed by atoms with Gasteiger partial charge in [-0.25, -0.2) is 4.98 Å². The van der Waals surface area contributed by atoms with Gasteiger partial charge >= 0.3 is 0 Å². The Labute approximate surface area is 96.0 Å². The zero-order chi connectivity index (χ0) is 12.3. The molecule has 1 aromatic rings. The summed E-state index contributed by atoms with van der Waals surface area (Å²) in [7, 11) is 0. The first-order valence-electron chi connectivity index (χ1n) is 5.35. The molecule has 0 saturated heterocycles. The quantitative estimate of drug-likeness (QED) is 0.788. The molecule has 0 radical (unpaired) electrons. The topological polar surface area (TPSA) is 72.9 Å². The minimum Gasteiger partial charge on any atom is -0.350 e. The van der Waals surface area contributed by atoms with Crippen LogP contribution in [0.25, 0.3) is 0 Å². The number of nitrogens with one attached hydrogen (secondary N) is 1. The predicted octanol–water partition coefficient (Wildman–Crippen LogP) is 0.565. The molecule has 0 bridgehead atoms. The monoisotopic (exact) mass is 224 g/mol. The van der Waals surface area contributed by atoms with Gasteiger partial charge in [-0.3, -0.25) is 4.79 Å². The number of aromatic nitrogens is 2. The summed E-state index contributed by atoms with van der Waals surface area (Å²) < 4.78 is 1.79. The third kappa shape index (κ3) is 3.34. The van der Waals surface area contributed by atoms with E-state index in [9.17, 15) is 4.79 Å². The van der Waals surface area contributed by atoms with Gasteiger partial charge < -0.3 is 15.6 Å². The molecular formula is C11H20N4O. The van der Waals surface area contributed by atoms with Crippen LogP contribution in [0.4, 0.5) is 0 Å². The SMILES string of the molecule is Cc1ncn(CC(=O)NC(C)(C)C)c1CN. The van der Waals surface area contributed by atoms with Gasteiger partial charge in [0.1, 0.15) is 6.54 Å². The second-order valence-electron chi connectivity index (χ2n) is 4.91.